The zero-order chi connectivity index (χ0) is 20.6. The van der Waals surface area contributed by atoms with Gasteiger partial charge in [0.15, 0.2) is 0 Å². The van der Waals surface area contributed by atoms with Crippen molar-refractivity contribution in [2.75, 3.05) is 6.61 Å². The van der Waals surface area contributed by atoms with E-state index in [4.69, 9.17) is 9.47 Å². The highest BCUT2D eigenvalue weighted by molar-refractivity contribution is 6.04. The summed E-state index contributed by atoms with van der Waals surface area (Å²) in [4.78, 5) is 28.1. The third-order valence-corrected chi connectivity index (χ3v) is 3.57. The molecule has 2 aromatic carbocycles. The van der Waals surface area contributed by atoms with Gasteiger partial charge in [-0.05, 0) is 45.4 Å². The number of hydrogen-bond acceptors (Lipinski definition) is 4. The standard InChI is InChI=1S/C22H26N2O4/c1-5-27-20(25)18-13-11-17(12-14-18)19(24-21(26)28-22(2,3)4)23-15-16-9-7-6-8-10-16/h6-14H,5,15H2,1-4H3,(H,23,24,26). The number of ether oxygens (including phenoxy) is 2. The minimum atomic E-state index is -0.683. The van der Waals surface area contributed by atoms with Crippen molar-refractivity contribution >= 4 is 17.9 Å². The summed E-state index contributed by atoms with van der Waals surface area (Å²) in [7, 11) is 0. The maximum atomic E-state index is 12.2. The molecule has 1 amide bonds. The molecule has 0 aliphatic carbocycles. The van der Waals surface area contributed by atoms with Gasteiger partial charge in [-0.3, -0.25) is 0 Å². The lowest BCUT2D eigenvalue weighted by atomic mass is 10.1. The summed E-state index contributed by atoms with van der Waals surface area (Å²) in [6, 6.07) is 16.5. The molecule has 28 heavy (non-hydrogen) atoms. The molecule has 2 aromatic rings. The Kier molecular flexibility index (Phi) is 7.32. The van der Waals surface area contributed by atoms with E-state index in [2.05, 4.69) is 10.3 Å². The Morgan fingerprint density at radius 1 is 0.964 bits per heavy atom. The number of amides is 1. The quantitative estimate of drug-likeness (QED) is 0.473. The highest BCUT2D eigenvalue weighted by atomic mass is 16.6. The van der Waals surface area contributed by atoms with Crippen LogP contribution in [0.25, 0.3) is 0 Å². The topological polar surface area (TPSA) is 77.0 Å². The SMILES string of the molecule is CCOC(=O)c1ccc(/C(=N/C(=O)OC(C)(C)C)NCc2ccccc2)cc1. The van der Waals surface area contributed by atoms with Crippen LogP contribution < -0.4 is 5.32 Å². The first-order valence-electron chi connectivity index (χ1n) is 9.15. The molecule has 0 spiro atoms. The van der Waals surface area contributed by atoms with Crippen molar-refractivity contribution in [3.05, 3.63) is 71.3 Å². The number of aliphatic imine (C=N–C) groups is 1. The van der Waals surface area contributed by atoms with E-state index in [1.54, 1.807) is 52.0 Å². The summed E-state index contributed by atoms with van der Waals surface area (Å²) in [5, 5.41) is 3.18. The molecule has 0 fully saturated rings. The molecule has 0 heterocycles. The first-order valence-corrected chi connectivity index (χ1v) is 9.15. The minimum Gasteiger partial charge on any atom is -0.462 e. The van der Waals surface area contributed by atoms with Gasteiger partial charge in [0.1, 0.15) is 11.4 Å². The lowest BCUT2D eigenvalue weighted by Crippen LogP contribution is -2.28. The van der Waals surface area contributed by atoms with Crippen LogP contribution >= 0.6 is 0 Å². The summed E-state index contributed by atoms with van der Waals surface area (Å²) in [5.41, 5.74) is 1.50. The summed E-state index contributed by atoms with van der Waals surface area (Å²) in [5.74, 6) is -0.0227. The average molecular weight is 382 g/mol. The number of carbonyl (C=O) groups excluding carboxylic acids is 2. The van der Waals surface area contributed by atoms with Gasteiger partial charge in [-0.25, -0.2) is 9.59 Å². The first kappa shape index (κ1) is 21.2. The summed E-state index contributed by atoms with van der Waals surface area (Å²) >= 11 is 0. The second-order valence-electron chi connectivity index (χ2n) is 7.08. The number of esters is 1. The Hall–Kier alpha value is -3.15. The lowest BCUT2D eigenvalue weighted by molar-refractivity contribution is 0.0525. The van der Waals surface area contributed by atoms with Gasteiger partial charge in [-0.15, -0.1) is 0 Å². The van der Waals surface area contributed by atoms with Crippen LogP contribution in [0, 0.1) is 0 Å². The zero-order valence-corrected chi connectivity index (χ0v) is 16.7. The second kappa shape index (κ2) is 9.69. The van der Waals surface area contributed by atoms with E-state index >= 15 is 0 Å². The molecule has 6 heteroatoms. The Bertz CT molecular complexity index is 822. The number of rotatable bonds is 5. The molecular formula is C22H26N2O4. The molecule has 0 radical (unpaired) electrons. The Balaban J connectivity index is 2.24. The highest BCUT2D eigenvalue weighted by Gasteiger charge is 2.17. The van der Waals surface area contributed by atoms with Gasteiger partial charge in [0.25, 0.3) is 0 Å². The van der Waals surface area contributed by atoms with E-state index in [1.807, 2.05) is 30.3 Å². The number of nitrogens with zero attached hydrogens (tertiary/aromatic N) is 1. The van der Waals surface area contributed by atoms with Crippen molar-refractivity contribution in [2.24, 2.45) is 4.99 Å². The van der Waals surface area contributed by atoms with E-state index in [0.717, 1.165) is 5.56 Å². The van der Waals surface area contributed by atoms with Crippen molar-refractivity contribution in [2.45, 2.75) is 39.8 Å². The summed E-state index contributed by atoms with van der Waals surface area (Å²) < 4.78 is 10.3. The van der Waals surface area contributed by atoms with Crippen molar-refractivity contribution in [3.63, 3.8) is 0 Å². The van der Waals surface area contributed by atoms with Crippen molar-refractivity contribution < 1.29 is 19.1 Å². The molecule has 148 valence electrons. The molecule has 0 bridgehead atoms. The van der Waals surface area contributed by atoms with E-state index in [9.17, 15) is 9.59 Å². The molecule has 1 N–H and O–H groups in total. The fourth-order valence-electron chi connectivity index (χ4n) is 2.34. The van der Waals surface area contributed by atoms with E-state index in [0.29, 0.717) is 30.1 Å². The number of hydrogen-bond donors (Lipinski definition) is 1. The van der Waals surface area contributed by atoms with Crippen LogP contribution in [0.2, 0.25) is 0 Å². The third kappa shape index (κ3) is 6.87. The van der Waals surface area contributed by atoms with Gasteiger partial charge in [-0.2, -0.15) is 4.99 Å². The van der Waals surface area contributed by atoms with Gasteiger partial charge in [0.05, 0.1) is 12.2 Å². The lowest BCUT2D eigenvalue weighted by Gasteiger charge is -2.18. The normalized spacial score (nSPS) is 11.6. The first-order chi connectivity index (χ1) is 13.3. The molecule has 0 aliphatic heterocycles. The second-order valence-corrected chi connectivity index (χ2v) is 7.08. The monoisotopic (exact) mass is 382 g/mol. The smallest absolute Gasteiger partial charge is 0.436 e. The van der Waals surface area contributed by atoms with Gasteiger partial charge >= 0.3 is 12.1 Å². The Morgan fingerprint density at radius 2 is 1.57 bits per heavy atom. The molecular weight excluding hydrogens is 356 g/mol. The van der Waals surface area contributed by atoms with Gasteiger partial charge in [-0.1, -0.05) is 42.5 Å². The predicted molar refractivity (Wildman–Crippen MR) is 108 cm³/mol. The van der Waals surface area contributed by atoms with Crippen LogP contribution in [-0.2, 0) is 16.0 Å². The fourth-order valence-corrected chi connectivity index (χ4v) is 2.34. The minimum absolute atomic E-state index is 0.310. The molecule has 0 saturated heterocycles. The molecule has 0 atom stereocenters. The van der Waals surface area contributed by atoms with Gasteiger partial charge in [0.2, 0.25) is 0 Å². The molecule has 0 saturated carbocycles. The molecule has 0 aromatic heterocycles. The Morgan fingerprint density at radius 3 is 2.14 bits per heavy atom. The maximum absolute atomic E-state index is 12.2. The van der Waals surface area contributed by atoms with Crippen LogP contribution in [0.4, 0.5) is 4.79 Å². The van der Waals surface area contributed by atoms with Gasteiger partial charge < -0.3 is 14.8 Å². The van der Waals surface area contributed by atoms with Crippen LogP contribution in [0.15, 0.2) is 59.6 Å². The van der Waals surface area contributed by atoms with Crippen molar-refractivity contribution in [1.82, 2.24) is 5.32 Å². The number of amidine groups is 1. The van der Waals surface area contributed by atoms with Crippen LogP contribution in [-0.4, -0.2) is 30.1 Å². The van der Waals surface area contributed by atoms with Crippen molar-refractivity contribution in [1.29, 1.82) is 0 Å². The Labute approximate surface area is 165 Å². The number of nitrogens with one attached hydrogen (secondary N) is 1. The third-order valence-electron chi connectivity index (χ3n) is 3.57. The van der Waals surface area contributed by atoms with Crippen LogP contribution in [0.1, 0.15) is 49.2 Å². The number of carbonyl (C=O) groups is 2. The van der Waals surface area contributed by atoms with E-state index < -0.39 is 17.7 Å². The maximum Gasteiger partial charge on any atom is 0.436 e. The van der Waals surface area contributed by atoms with Crippen molar-refractivity contribution in [3.8, 4) is 0 Å². The van der Waals surface area contributed by atoms with Crippen LogP contribution in [0.5, 0.6) is 0 Å². The zero-order valence-electron chi connectivity index (χ0n) is 16.7. The predicted octanol–water partition coefficient (Wildman–Crippen LogP) is 4.33. The molecule has 0 aliphatic rings. The average Bonchev–Trinajstić information content (AvgIpc) is 2.65. The molecule has 2 rings (SSSR count). The van der Waals surface area contributed by atoms with Gasteiger partial charge in [0, 0.05) is 12.1 Å². The summed E-state index contributed by atoms with van der Waals surface area (Å²) in [6.45, 7) is 7.90. The number of benzene rings is 2. The highest BCUT2D eigenvalue weighted by Crippen LogP contribution is 2.11. The largest absolute Gasteiger partial charge is 0.462 e. The van der Waals surface area contributed by atoms with E-state index in [1.165, 1.54) is 0 Å². The molecule has 6 nitrogen and oxygen atoms in total. The fraction of sp³-hybridized carbons (Fsp3) is 0.318. The van der Waals surface area contributed by atoms with Crippen LogP contribution in [0.3, 0.4) is 0 Å². The van der Waals surface area contributed by atoms with E-state index in [-0.39, 0.29) is 0 Å². The summed E-state index contributed by atoms with van der Waals surface area (Å²) in [6.07, 6.45) is -0.683. The molecule has 0 unspecified atom stereocenters.